The first-order valence-corrected chi connectivity index (χ1v) is 10.9. The first kappa shape index (κ1) is 23.1. The average molecular weight is 453 g/mol. The molecular formula is C23H24N4O4S. The van der Waals surface area contributed by atoms with E-state index in [9.17, 15) is 14.4 Å². The third kappa shape index (κ3) is 6.45. The molecule has 0 fully saturated rings. The second-order valence-corrected chi connectivity index (χ2v) is 8.25. The molecule has 32 heavy (non-hydrogen) atoms. The van der Waals surface area contributed by atoms with Crippen molar-refractivity contribution < 1.29 is 18.9 Å². The Kier molecular flexibility index (Phi) is 7.67. The molecule has 3 rings (SSSR count). The Labute approximate surface area is 190 Å². The molecule has 2 aromatic carbocycles. The monoisotopic (exact) mass is 452 g/mol. The largest absolute Gasteiger partial charge is 0.360 e. The highest BCUT2D eigenvalue weighted by Crippen LogP contribution is 2.24. The molecule has 0 radical (unpaired) electrons. The van der Waals surface area contributed by atoms with Crippen molar-refractivity contribution >= 4 is 41.0 Å². The Balaban J connectivity index is 1.58. The van der Waals surface area contributed by atoms with E-state index >= 15 is 0 Å². The summed E-state index contributed by atoms with van der Waals surface area (Å²) < 4.78 is 4.91. The van der Waals surface area contributed by atoms with Gasteiger partial charge in [0.1, 0.15) is 5.76 Å². The number of thioether (sulfide) groups is 1. The lowest BCUT2D eigenvalue weighted by Crippen LogP contribution is -2.35. The Hall–Kier alpha value is -3.59. The summed E-state index contributed by atoms with van der Waals surface area (Å²) in [6.45, 7) is 3.54. The Bertz CT molecular complexity index is 1110. The number of aromatic nitrogens is 1. The lowest BCUT2D eigenvalue weighted by Gasteiger charge is -2.18. The number of anilines is 2. The molecule has 0 spiro atoms. The van der Waals surface area contributed by atoms with Crippen LogP contribution in [0.2, 0.25) is 0 Å². The fourth-order valence-electron chi connectivity index (χ4n) is 2.85. The van der Waals surface area contributed by atoms with E-state index in [0.717, 1.165) is 11.3 Å². The normalized spacial score (nSPS) is 10.5. The van der Waals surface area contributed by atoms with Crippen LogP contribution in [0, 0.1) is 13.8 Å². The number of aryl methyl sites for hydroxylation is 2. The Morgan fingerprint density at radius 1 is 1.00 bits per heavy atom. The molecule has 0 aliphatic rings. The van der Waals surface area contributed by atoms with E-state index in [2.05, 4.69) is 15.8 Å². The summed E-state index contributed by atoms with van der Waals surface area (Å²) in [5.41, 5.74) is 2.26. The summed E-state index contributed by atoms with van der Waals surface area (Å²) >= 11 is 1.27. The predicted molar refractivity (Wildman–Crippen MR) is 124 cm³/mol. The van der Waals surface area contributed by atoms with Crippen LogP contribution in [0.4, 0.5) is 11.5 Å². The van der Waals surface area contributed by atoms with Crippen LogP contribution in [-0.2, 0) is 9.59 Å². The molecule has 1 aromatic heterocycles. The van der Waals surface area contributed by atoms with Crippen molar-refractivity contribution in [2.45, 2.75) is 18.7 Å². The molecule has 0 unspecified atom stereocenters. The van der Waals surface area contributed by atoms with E-state index < -0.39 is 5.91 Å². The van der Waals surface area contributed by atoms with Gasteiger partial charge in [-0.25, -0.2) is 0 Å². The zero-order valence-corrected chi connectivity index (χ0v) is 18.9. The van der Waals surface area contributed by atoms with Crippen molar-refractivity contribution in [3.63, 3.8) is 0 Å². The molecule has 9 heteroatoms. The van der Waals surface area contributed by atoms with E-state index in [4.69, 9.17) is 4.52 Å². The number of nitrogens with zero attached hydrogens (tertiary/aromatic N) is 2. The molecule has 2 N–H and O–H groups in total. The van der Waals surface area contributed by atoms with Crippen molar-refractivity contribution in [3.05, 3.63) is 71.5 Å². The maximum absolute atomic E-state index is 12.9. The predicted octanol–water partition coefficient (Wildman–Crippen LogP) is 3.73. The molecule has 1 heterocycles. The van der Waals surface area contributed by atoms with Gasteiger partial charge >= 0.3 is 0 Å². The van der Waals surface area contributed by atoms with Gasteiger partial charge in [-0.3, -0.25) is 14.4 Å². The van der Waals surface area contributed by atoms with Crippen LogP contribution in [0.15, 0.2) is 64.0 Å². The zero-order valence-electron chi connectivity index (χ0n) is 18.0. The van der Waals surface area contributed by atoms with Crippen LogP contribution in [0.1, 0.15) is 21.7 Å². The molecule has 3 amide bonds. The summed E-state index contributed by atoms with van der Waals surface area (Å²) in [6, 6.07) is 16.1. The first-order chi connectivity index (χ1) is 15.3. The topological polar surface area (TPSA) is 105 Å². The summed E-state index contributed by atoms with van der Waals surface area (Å²) in [5, 5.41) is 9.13. The number of carbonyl (C=O) groups is 3. The zero-order chi connectivity index (χ0) is 23.1. The average Bonchev–Trinajstić information content (AvgIpc) is 3.17. The van der Waals surface area contributed by atoms with E-state index in [1.165, 1.54) is 16.7 Å². The fraction of sp³-hybridized carbons (Fsp3) is 0.217. The molecule has 0 bridgehead atoms. The minimum atomic E-state index is -0.392. The minimum Gasteiger partial charge on any atom is -0.360 e. The van der Waals surface area contributed by atoms with Gasteiger partial charge < -0.3 is 20.1 Å². The number of likely N-dealkylation sites (N-methyl/N-ethyl adjacent to an activating group) is 1. The van der Waals surface area contributed by atoms with Crippen molar-refractivity contribution in [2.75, 3.05) is 30.0 Å². The maximum Gasteiger partial charge on any atom is 0.255 e. The molecule has 0 aliphatic carbocycles. The number of hydrogen-bond acceptors (Lipinski definition) is 6. The highest BCUT2D eigenvalue weighted by molar-refractivity contribution is 8.00. The van der Waals surface area contributed by atoms with Gasteiger partial charge in [0.2, 0.25) is 11.8 Å². The SMILES string of the molecule is Cc1ccc(NC(=O)CSc2ccccc2C(=O)N(C)CC(=O)Nc2cc(C)on2)cc1. The van der Waals surface area contributed by atoms with Crippen LogP contribution in [0.25, 0.3) is 0 Å². The summed E-state index contributed by atoms with van der Waals surface area (Å²) in [7, 11) is 1.54. The second-order valence-electron chi connectivity index (χ2n) is 7.23. The Morgan fingerprint density at radius 2 is 1.72 bits per heavy atom. The van der Waals surface area contributed by atoms with E-state index in [1.807, 2.05) is 31.2 Å². The van der Waals surface area contributed by atoms with Gasteiger partial charge in [-0.1, -0.05) is 35.0 Å². The smallest absolute Gasteiger partial charge is 0.255 e. The number of rotatable bonds is 8. The number of hydrogen-bond donors (Lipinski definition) is 2. The number of benzene rings is 2. The van der Waals surface area contributed by atoms with Crippen molar-refractivity contribution in [3.8, 4) is 0 Å². The van der Waals surface area contributed by atoms with Gasteiger partial charge in [-0.05, 0) is 38.1 Å². The molecule has 0 saturated heterocycles. The highest BCUT2D eigenvalue weighted by atomic mass is 32.2. The van der Waals surface area contributed by atoms with E-state index in [-0.39, 0.29) is 24.1 Å². The van der Waals surface area contributed by atoms with Crippen LogP contribution in [0.5, 0.6) is 0 Å². The third-order valence-corrected chi connectivity index (χ3v) is 5.51. The molecule has 8 nitrogen and oxygen atoms in total. The molecule has 0 saturated carbocycles. The van der Waals surface area contributed by atoms with Crippen LogP contribution in [-0.4, -0.2) is 47.1 Å². The van der Waals surface area contributed by atoms with E-state index in [0.29, 0.717) is 22.0 Å². The number of carbonyl (C=O) groups excluding carboxylic acids is 3. The van der Waals surface area contributed by atoms with Gasteiger partial charge in [0.15, 0.2) is 5.82 Å². The van der Waals surface area contributed by atoms with Crippen molar-refractivity contribution in [2.24, 2.45) is 0 Å². The fourth-order valence-corrected chi connectivity index (χ4v) is 3.69. The van der Waals surface area contributed by atoms with Crippen molar-refractivity contribution in [1.29, 1.82) is 0 Å². The third-order valence-electron chi connectivity index (χ3n) is 4.43. The van der Waals surface area contributed by atoms with Crippen LogP contribution in [0.3, 0.4) is 0 Å². The van der Waals surface area contributed by atoms with E-state index in [1.54, 1.807) is 44.3 Å². The Morgan fingerprint density at radius 3 is 2.41 bits per heavy atom. The minimum absolute atomic E-state index is 0.147. The highest BCUT2D eigenvalue weighted by Gasteiger charge is 2.19. The summed E-state index contributed by atoms with van der Waals surface area (Å²) in [5.74, 6) is 0.131. The van der Waals surface area contributed by atoms with Gasteiger partial charge in [-0.2, -0.15) is 0 Å². The molecule has 0 aliphatic heterocycles. The quantitative estimate of drug-likeness (QED) is 0.505. The van der Waals surface area contributed by atoms with Crippen LogP contribution >= 0.6 is 11.8 Å². The van der Waals surface area contributed by atoms with Gasteiger partial charge in [0.25, 0.3) is 5.91 Å². The van der Waals surface area contributed by atoms with Crippen LogP contribution < -0.4 is 10.6 Å². The van der Waals surface area contributed by atoms with Gasteiger partial charge in [0, 0.05) is 23.7 Å². The number of amides is 3. The summed E-state index contributed by atoms with van der Waals surface area (Å²) in [6.07, 6.45) is 0. The number of nitrogens with one attached hydrogen (secondary N) is 2. The van der Waals surface area contributed by atoms with Crippen molar-refractivity contribution in [1.82, 2.24) is 10.1 Å². The lowest BCUT2D eigenvalue weighted by molar-refractivity contribution is -0.116. The van der Waals surface area contributed by atoms with Gasteiger partial charge in [0.05, 0.1) is 17.9 Å². The molecule has 0 atom stereocenters. The molecule has 3 aromatic rings. The van der Waals surface area contributed by atoms with Gasteiger partial charge in [-0.15, -0.1) is 11.8 Å². The first-order valence-electron chi connectivity index (χ1n) is 9.89. The molecule has 166 valence electrons. The standard InChI is InChI=1S/C23H24N4O4S/c1-15-8-10-17(11-9-15)24-22(29)14-32-19-7-5-4-6-18(19)23(30)27(3)13-21(28)25-20-12-16(2)31-26-20/h4-12H,13-14H2,1-3H3,(H,24,29)(H,25,26,28). The maximum atomic E-state index is 12.9. The summed E-state index contributed by atoms with van der Waals surface area (Å²) in [4.78, 5) is 39.4. The second kappa shape index (κ2) is 10.6. The molecular weight excluding hydrogens is 428 g/mol. The lowest BCUT2D eigenvalue weighted by atomic mass is 10.2.